The summed E-state index contributed by atoms with van der Waals surface area (Å²) in [6.45, 7) is 5.22. The molecule has 26 heavy (non-hydrogen) atoms. The fraction of sp³-hybridized carbons (Fsp3) is 0.458. The van der Waals surface area contributed by atoms with Crippen LogP contribution in [0.15, 0.2) is 53.5 Å². The predicted molar refractivity (Wildman–Crippen MR) is 113 cm³/mol. The largest absolute Gasteiger partial charge is 0.494 e. The quantitative estimate of drug-likeness (QED) is 0.294. The maximum absolute atomic E-state index is 5.69. The summed E-state index contributed by atoms with van der Waals surface area (Å²) in [5, 5.41) is 0. The monoisotopic (exact) mass is 351 g/mol. The van der Waals surface area contributed by atoms with E-state index < -0.39 is 0 Å². The van der Waals surface area contributed by atoms with E-state index in [-0.39, 0.29) is 0 Å². The number of aliphatic imine (C=N–C) groups is 1. The van der Waals surface area contributed by atoms with Crippen molar-refractivity contribution in [2.24, 2.45) is 4.99 Å². The van der Waals surface area contributed by atoms with Crippen molar-refractivity contribution in [3.05, 3.63) is 59.7 Å². The maximum atomic E-state index is 5.69. The van der Waals surface area contributed by atoms with Crippen molar-refractivity contribution in [2.75, 3.05) is 6.61 Å². The molecule has 0 saturated carbocycles. The summed E-state index contributed by atoms with van der Waals surface area (Å²) in [6, 6.07) is 16.8. The van der Waals surface area contributed by atoms with E-state index in [1.165, 1.54) is 44.1 Å². The first kappa shape index (κ1) is 20.2. The number of unbranched alkanes of at least 4 members (excludes halogenated alkanes) is 5. The molecule has 2 aromatic rings. The Hall–Kier alpha value is -2.09. The second-order valence-electron chi connectivity index (χ2n) is 6.86. The molecular formula is C24H33NO. The van der Waals surface area contributed by atoms with Gasteiger partial charge in [-0.05, 0) is 66.8 Å². The molecule has 0 atom stereocenters. The lowest BCUT2D eigenvalue weighted by atomic mass is 10.1. The van der Waals surface area contributed by atoms with Crippen LogP contribution in [0.5, 0.6) is 5.75 Å². The molecule has 0 aromatic heterocycles. The van der Waals surface area contributed by atoms with Crippen molar-refractivity contribution < 1.29 is 4.74 Å². The van der Waals surface area contributed by atoms with Gasteiger partial charge in [-0.3, -0.25) is 4.99 Å². The predicted octanol–water partition coefficient (Wildman–Crippen LogP) is 7.13. The molecule has 0 unspecified atom stereocenters. The highest BCUT2D eigenvalue weighted by Gasteiger charge is 1.96. The minimum atomic E-state index is 0.787. The molecule has 0 amide bonds. The number of aryl methyl sites for hydroxylation is 1. The summed E-state index contributed by atoms with van der Waals surface area (Å²) in [6.07, 6.45) is 12.0. The Bertz CT molecular complexity index is 628. The molecule has 0 fully saturated rings. The molecule has 0 radical (unpaired) electrons. The molecular weight excluding hydrogens is 318 g/mol. The lowest BCUT2D eigenvalue weighted by molar-refractivity contribution is 0.309. The molecule has 140 valence electrons. The minimum absolute atomic E-state index is 0.787. The molecule has 2 aromatic carbocycles. The third-order valence-corrected chi connectivity index (χ3v) is 4.51. The zero-order chi connectivity index (χ0) is 18.5. The van der Waals surface area contributed by atoms with E-state index in [0.717, 1.165) is 36.4 Å². The van der Waals surface area contributed by atoms with Gasteiger partial charge in [-0.1, -0.05) is 58.1 Å². The van der Waals surface area contributed by atoms with E-state index in [9.17, 15) is 0 Å². The van der Waals surface area contributed by atoms with E-state index in [1.54, 1.807) is 0 Å². The van der Waals surface area contributed by atoms with Crippen LogP contribution in [0.25, 0.3) is 0 Å². The fourth-order valence-corrected chi connectivity index (χ4v) is 2.81. The molecule has 0 saturated heterocycles. The summed E-state index contributed by atoms with van der Waals surface area (Å²) < 4.78 is 5.69. The molecule has 0 bridgehead atoms. The second kappa shape index (κ2) is 12.3. The Morgan fingerprint density at radius 2 is 1.46 bits per heavy atom. The summed E-state index contributed by atoms with van der Waals surface area (Å²) in [4.78, 5) is 4.58. The van der Waals surface area contributed by atoms with Gasteiger partial charge in [0.1, 0.15) is 5.75 Å². The average molecular weight is 352 g/mol. The van der Waals surface area contributed by atoms with Gasteiger partial charge in [-0.2, -0.15) is 0 Å². The molecule has 2 rings (SSSR count). The number of hydrogen-bond donors (Lipinski definition) is 0. The lowest BCUT2D eigenvalue weighted by Gasteiger charge is -2.05. The summed E-state index contributed by atoms with van der Waals surface area (Å²) >= 11 is 0. The molecule has 0 N–H and O–H groups in total. The van der Waals surface area contributed by atoms with Crippen molar-refractivity contribution in [3.63, 3.8) is 0 Å². The first-order valence-corrected chi connectivity index (χ1v) is 10.2. The van der Waals surface area contributed by atoms with E-state index in [2.05, 4.69) is 55.2 Å². The zero-order valence-corrected chi connectivity index (χ0v) is 16.4. The van der Waals surface area contributed by atoms with Crippen molar-refractivity contribution in [1.82, 2.24) is 0 Å². The molecule has 0 aliphatic heterocycles. The van der Waals surface area contributed by atoms with E-state index in [1.807, 2.05) is 18.3 Å². The standard InChI is InChI=1S/C24H33NO/c1-3-5-7-8-9-10-21-11-15-23(16-12-21)25-20-22-13-17-24(18-14-22)26-19-6-4-2/h11-18,20H,3-10,19H2,1-2H3/b25-20+. The van der Waals surface area contributed by atoms with Crippen LogP contribution in [0.4, 0.5) is 5.69 Å². The van der Waals surface area contributed by atoms with Crippen LogP contribution in [0.2, 0.25) is 0 Å². The van der Waals surface area contributed by atoms with E-state index >= 15 is 0 Å². The van der Waals surface area contributed by atoms with Crippen molar-refractivity contribution in [3.8, 4) is 5.75 Å². The average Bonchev–Trinajstić information content (AvgIpc) is 2.68. The van der Waals surface area contributed by atoms with Crippen molar-refractivity contribution in [2.45, 2.75) is 65.2 Å². The smallest absolute Gasteiger partial charge is 0.119 e. The normalized spacial score (nSPS) is 11.2. The summed E-state index contributed by atoms with van der Waals surface area (Å²) in [5.74, 6) is 0.930. The van der Waals surface area contributed by atoms with Crippen LogP contribution in [-0.2, 0) is 6.42 Å². The maximum Gasteiger partial charge on any atom is 0.119 e. The van der Waals surface area contributed by atoms with Gasteiger partial charge in [0.25, 0.3) is 0 Å². The van der Waals surface area contributed by atoms with Gasteiger partial charge in [0.2, 0.25) is 0 Å². The zero-order valence-electron chi connectivity index (χ0n) is 16.4. The van der Waals surface area contributed by atoms with E-state index in [0.29, 0.717) is 0 Å². The number of benzene rings is 2. The van der Waals surface area contributed by atoms with Crippen LogP contribution < -0.4 is 4.74 Å². The molecule has 0 aliphatic rings. The van der Waals surface area contributed by atoms with Crippen LogP contribution >= 0.6 is 0 Å². The van der Waals surface area contributed by atoms with Crippen LogP contribution in [0, 0.1) is 0 Å². The molecule has 2 heteroatoms. The van der Waals surface area contributed by atoms with Crippen LogP contribution in [0.1, 0.15) is 69.9 Å². The topological polar surface area (TPSA) is 21.6 Å². The first-order valence-electron chi connectivity index (χ1n) is 10.2. The summed E-state index contributed by atoms with van der Waals surface area (Å²) in [7, 11) is 0. The van der Waals surface area contributed by atoms with Gasteiger partial charge in [-0.25, -0.2) is 0 Å². The van der Waals surface area contributed by atoms with Gasteiger partial charge in [0, 0.05) is 6.21 Å². The van der Waals surface area contributed by atoms with Gasteiger partial charge in [0.05, 0.1) is 12.3 Å². The third kappa shape index (κ3) is 7.86. The lowest BCUT2D eigenvalue weighted by Crippen LogP contribution is -1.96. The Morgan fingerprint density at radius 3 is 2.15 bits per heavy atom. The molecule has 0 spiro atoms. The Labute approximate surface area is 159 Å². The minimum Gasteiger partial charge on any atom is -0.494 e. The van der Waals surface area contributed by atoms with Gasteiger partial charge in [0.15, 0.2) is 0 Å². The molecule has 0 aliphatic carbocycles. The Kier molecular flexibility index (Phi) is 9.56. The second-order valence-corrected chi connectivity index (χ2v) is 6.86. The fourth-order valence-electron chi connectivity index (χ4n) is 2.81. The highest BCUT2D eigenvalue weighted by molar-refractivity contribution is 5.82. The summed E-state index contributed by atoms with van der Waals surface area (Å²) in [5.41, 5.74) is 3.50. The van der Waals surface area contributed by atoms with Crippen molar-refractivity contribution >= 4 is 11.9 Å². The van der Waals surface area contributed by atoms with E-state index in [4.69, 9.17) is 4.74 Å². The van der Waals surface area contributed by atoms with Crippen LogP contribution in [0.3, 0.4) is 0 Å². The Balaban J connectivity index is 1.78. The molecule has 0 heterocycles. The SMILES string of the molecule is CCCCCCCc1ccc(/N=C/c2ccc(OCCCC)cc2)cc1. The third-order valence-electron chi connectivity index (χ3n) is 4.51. The van der Waals surface area contributed by atoms with Crippen molar-refractivity contribution in [1.29, 1.82) is 0 Å². The Morgan fingerprint density at radius 1 is 0.769 bits per heavy atom. The van der Waals surface area contributed by atoms with Gasteiger partial charge < -0.3 is 4.74 Å². The highest BCUT2D eigenvalue weighted by atomic mass is 16.5. The number of nitrogens with zero attached hydrogens (tertiary/aromatic N) is 1. The van der Waals surface area contributed by atoms with Crippen LogP contribution in [-0.4, -0.2) is 12.8 Å². The molecule has 2 nitrogen and oxygen atoms in total. The van der Waals surface area contributed by atoms with Gasteiger partial charge in [-0.15, -0.1) is 0 Å². The first-order chi connectivity index (χ1) is 12.8. The van der Waals surface area contributed by atoms with Gasteiger partial charge >= 0.3 is 0 Å². The number of ether oxygens (including phenoxy) is 1. The highest BCUT2D eigenvalue weighted by Crippen LogP contribution is 2.16. The number of hydrogen-bond acceptors (Lipinski definition) is 2. The number of rotatable bonds is 12.